The van der Waals surface area contributed by atoms with Crippen molar-refractivity contribution in [1.29, 1.82) is 0 Å². The Morgan fingerprint density at radius 3 is 2.55 bits per heavy atom. The SMILES string of the molecule is Cc1ccc(-n2c(SCc3ccccc3)nc3ccc(OCCCCCC(=O)O)cc32)cc1. The number of rotatable bonds is 11. The Morgan fingerprint density at radius 2 is 1.79 bits per heavy atom. The number of carbonyl (C=O) groups is 1. The van der Waals surface area contributed by atoms with Crippen molar-refractivity contribution in [3.05, 3.63) is 83.9 Å². The summed E-state index contributed by atoms with van der Waals surface area (Å²) >= 11 is 1.72. The van der Waals surface area contributed by atoms with Crippen LogP contribution in [0.1, 0.15) is 36.8 Å². The molecular weight excluding hydrogens is 432 g/mol. The molecule has 0 saturated carbocycles. The molecule has 0 saturated heterocycles. The number of benzene rings is 3. The normalized spacial score (nSPS) is 11.1. The van der Waals surface area contributed by atoms with Crippen molar-refractivity contribution in [1.82, 2.24) is 9.55 Å². The summed E-state index contributed by atoms with van der Waals surface area (Å²) < 4.78 is 8.17. The molecule has 0 atom stereocenters. The van der Waals surface area contributed by atoms with Crippen molar-refractivity contribution in [2.75, 3.05) is 6.61 Å². The second-order valence-electron chi connectivity index (χ2n) is 8.04. The average molecular weight is 461 g/mol. The highest BCUT2D eigenvalue weighted by atomic mass is 32.2. The van der Waals surface area contributed by atoms with Gasteiger partial charge in [-0.25, -0.2) is 4.98 Å². The third-order valence-corrected chi connectivity index (χ3v) is 6.41. The van der Waals surface area contributed by atoms with Gasteiger partial charge < -0.3 is 9.84 Å². The van der Waals surface area contributed by atoms with E-state index < -0.39 is 5.97 Å². The van der Waals surface area contributed by atoms with Gasteiger partial charge in [-0.15, -0.1) is 0 Å². The van der Waals surface area contributed by atoms with Gasteiger partial charge in [0.2, 0.25) is 0 Å². The van der Waals surface area contributed by atoms with E-state index in [1.165, 1.54) is 11.1 Å². The van der Waals surface area contributed by atoms with Crippen molar-refractivity contribution in [3.8, 4) is 11.4 Å². The molecule has 5 nitrogen and oxygen atoms in total. The lowest BCUT2D eigenvalue weighted by molar-refractivity contribution is -0.137. The highest BCUT2D eigenvalue weighted by Gasteiger charge is 2.14. The molecular formula is C27H28N2O3S. The standard InChI is InChI=1S/C27H28N2O3S/c1-20-11-13-22(14-12-20)29-25-18-23(32-17-7-3-6-10-26(30)31)15-16-24(25)28-27(29)33-19-21-8-4-2-5-9-21/h2,4-5,8-9,11-16,18H,3,6-7,10,17,19H2,1H3,(H,30,31). The number of imidazole rings is 1. The lowest BCUT2D eigenvalue weighted by Gasteiger charge is -2.11. The van der Waals surface area contributed by atoms with Crippen LogP contribution in [0.2, 0.25) is 0 Å². The molecule has 1 aromatic heterocycles. The number of fused-ring (bicyclic) bond motifs is 1. The minimum Gasteiger partial charge on any atom is -0.494 e. The summed E-state index contributed by atoms with van der Waals surface area (Å²) in [6, 6.07) is 24.9. The predicted molar refractivity (Wildman–Crippen MR) is 133 cm³/mol. The molecule has 1 heterocycles. The second kappa shape index (κ2) is 11.1. The van der Waals surface area contributed by atoms with E-state index in [0.717, 1.165) is 46.2 Å². The van der Waals surface area contributed by atoms with Crippen LogP contribution in [0.3, 0.4) is 0 Å². The summed E-state index contributed by atoms with van der Waals surface area (Å²) in [7, 11) is 0. The maximum absolute atomic E-state index is 10.6. The minimum absolute atomic E-state index is 0.213. The van der Waals surface area contributed by atoms with Gasteiger partial charge in [-0.05, 0) is 56.0 Å². The Kier molecular flexibility index (Phi) is 7.68. The van der Waals surface area contributed by atoms with E-state index in [1.54, 1.807) is 11.8 Å². The smallest absolute Gasteiger partial charge is 0.303 e. The van der Waals surface area contributed by atoms with Gasteiger partial charge in [0.05, 0.1) is 17.6 Å². The first-order valence-corrected chi connectivity index (χ1v) is 12.2. The Morgan fingerprint density at radius 1 is 1.00 bits per heavy atom. The molecule has 3 aromatic carbocycles. The zero-order chi connectivity index (χ0) is 23.0. The molecule has 0 spiro atoms. The third-order valence-electron chi connectivity index (χ3n) is 5.40. The zero-order valence-electron chi connectivity index (χ0n) is 18.7. The molecule has 33 heavy (non-hydrogen) atoms. The highest BCUT2D eigenvalue weighted by Crippen LogP contribution is 2.32. The lowest BCUT2D eigenvalue weighted by atomic mass is 10.2. The van der Waals surface area contributed by atoms with Crippen LogP contribution >= 0.6 is 11.8 Å². The number of thioether (sulfide) groups is 1. The minimum atomic E-state index is -0.744. The van der Waals surface area contributed by atoms with E-state index in [-0.39, 0.29) is 6.42 Å². The Hall–Kier alpha value is -3.25. The Balaban J connectivity index is 1.56. The van der Waals surface area contributed by atoms with Crippen LogP contribution in [0.15, 0.2) is 78.0 Å². The van der Waals surface area contributed by atoms with Gasteiger partial charge in [0.1, 0.15) is 5.75 Å². The van der Waals surface area contributed by atoms with Crippen molar-refractivity contribution in [2.45, 2.75) is 43.5 Å². The molecule has 1 N–H and O–H groups in total. The molecule has 0 radical (unpaired) electrons. The lowest BCUT2D eigenvalue weighted by Crippen LogP contribution is -2.00. The number of hydrogen-bond donors (Lipinski definition) is 1. The van der Waals surface area contributed by atoms with E-state index in [0.29, 0.717) is 13.0 Å². The Bertz CT molecular complexity index is 1200. The van der Waals surface area contributed by atoms with Crippen molar-refractivity contribution >= 4 is 28.8 Å². The van der Waals surface area contributed by atoms with Crippen LogP contribution in [-0.2, 0) is 10.5 Å². The number of aromatic nitrogens is 2. The number of carboxylic acid groups (broad SMARTS) is 1. The van der Waals surface area contributed by atoms with Gasteiger partial charge in [-0.3, -0.25) is 9.36 Å². The molecule has 0 aliphatic heterocycles. The van der Waals surface area contributed by atoms with Crippen LogP contribution in [-0.4, -0.2) is 27.2 Å². The maximum Gasteiger partial charge on any atom is 0.303 e. The van der Waals surface area contributed by atoms with Gasteiger partial charge in [0, 0.05) is 23.9 Å². The van der Waals surface area contributed by atoms with Crippen molar-refractivity contribution in [2.24, 2.45) is 0 Å². The number of nitrogens with zero attached hydrogens (tertiary/aromatic N) is 2. The zero-order valence-corrected chi connectivity index (χ0v) is 19.6. The first-order valence-electron chi connectivity index (χ1n) is 11.2. The molecule has 4 rings (SSSR count). The van der Waals surface area contributed by atoms with E-state index in [9.17, 15) is 4.79 Å². The fourth-order valence-corrected chi connectivity index (χ4v) is 4.61. The third kappa shape index (κ3) is 6.17. The number of unbranched alkanes of at least 4 members (excludes halogenated alkanes) is 2. The molecule has 4 aromatic rings. The van der Waals surface area contributed by atoms with Crippen LogP contribution in [0.25, 0.3) is 16.7 Å². The van der Waals surface area contributed by atoms with Crippen LogP contribution < -0.4 is 4.74 Å². The quantitative estimate of drug-likeness (QED) is 0.200. The number of carboxylic acids is 1. The molecule has 0 aliphatic carbocycles. The average Bonchev–Trinajstić information content (AvgIpc) is 3.18. The second-order valence-corrected chi connectivity index (χ2v) is 8.99. The van der Waals surface area contributed by atoms with Gasteiger partial charge >= 0.3 is 5.97 Å². The van der Waals surface area contributed by atoms with E-state index in [1.807, 2.05) is 24.3 Å². The largest absolute Gasteiger partial charge is 0.494 e. The topological polar surface area (TPSA) is 64.4 Å². The fourth-order valence-electron chi connectivity index (χ4n) is 3.63. The summed E-state index contributed by atoms with van der Waals surface area (Å²) in [4.78, 5) is 15.6. The van der Waals surface area contributed by atoms with E-state index >= 15 is 0 Å². The summed E-state index contributed by atoms with van der Waals surface area (Å²) in [5.41, 5.74) is 5.49. The predicted octanol–water partition coefficient (Wildman–Crippen LogP) is 6.65. The van der Waals surface area contributed by atoms with Crippen LogP contribution in [0.5, 0.6) is 5.75 Å². The summed E-state index contributed by atoms with van der Waals surface area (Å²) in [6.07, 6.45) is 2.57. The monoisotopic (exact) mass is 460 g/mol. The molecule has 170 valence electrons. The number of aryl methyl sites for hydroxylation is 1. The molecule has 0 fully saturated rings. The molecule has 6 heteroatoms. The molecule has 0 bridgehead atoms. The van der Waals surface area contributed by atoms with Crippen molar-refractivity contribution < 1.29 is 14.6 Å². The summed E-state index contributed by atoms with van der Waals surface area (Å²) in [6.45, 7) is 2.66. The van der Waals surface area contributed by atoms with Crippen LogP contribution in [0, 0.1) is 6.92 Å². The summed E-state index contributed by atoms with van der Waals surface area (Å²) in [5.74, 6) is 0.899. The molecule has 0 unspecified atom stereocenters. The van der Waals surface area contributed by atoms with Gasteiger partial charge in [-0.2, -0.15) is 0 Å². The Labute approximate surface area is 198 Å². The fraction of sp³-hybridized carbons (Fsp3) is 0.259. The van der Waals surface area contributed by atoms with Gasteiger partial charge in [0.25, 0.3) is 0 Å². The highest BCUT2D eigenvalue weighted by molar-refractivity contribution is 7.98. The number of aliphatic carboxylic acids is 1. The molecule has 0 aliphatic rings. The number of ether oxygens (including phenoxy) is 1. The van der Waals surface area contributed by atoms with E-state index in [2.05, 4.69) is 60.0 Å². The number of hydrogen-bond acceptors (Lipinski definition) is 4. The van der Waals surface area contributed by atoms with Gasteiger partial charge in [-0.1, -0.05) is 59.8 Å². The summed E-state index contributed by atoms with van der Waals surface area (Å²) in [5, 5.41) is 9.70. The van der Waals surface area contributed by atoms with Gasteiger partial charge in [0.15, 0.2) is 5.16 Å². The maximum atomic E-state index is 10.6. The first-order chi connectivity index (χ1) is 16.1. The van der Waals surface area contributed by atoms with Crippen LogP contribution in [0.4, 0.5) is 0 Å². The van der Waals surface area contributed by atoms with Crippen molar-refractivity contribution in [3.63, 3.8) is 0 Å². The first kappa shape index (κ1) is 22.9. The molecule has 0 amide bonds. The van der Waals surface area contributed by atoms with E-state index in [4.69, 9.17) is 14.8 Å².